The Bertz CT molecular complexity index is 104. The SMILES string of the molecule is CNC(=O)C(C)CCOC. The maximum absolute atomic E-state index is 10.9. The van der Waals surface area contributed by atoms with Crippen LogP contribution in [0, 0.1) is 5.92 Å². The highest BCUT2D eigenvalue weighted by molar-refractivity contribution is 5.77. The number of nitrogens with one attached hydrogen (secondary N) is 1. The Morgan fingerprint density at radius 2 is 2.30 bits per heavy atom. The number of ether oxygens (including phenoxy) is 1. The van der Waals surface area contributed by atoms with Crippen molar-refractivity contribution >= 4 is 5.91 Å². The van der Waals surface area contributed by atoms with E-state index in [0.717, 1.165) is 6.42 Å². The van der Waals surface area contributed by atoms with E-state index in [4.69, 9.17) is 4.74 Å². The van der Waals surface area contributed by atoms with E-state index in [0.29, 0.717) is 6.61 Å². The molecule has 0 saturated carbocycles. The normalized spacial score (nSPS) is 12.7. The van der Waals surface area contributed by atoms with Crippen LogP contribution in [0.15, 0.2) is 0 Å². The number of carbonyl (C=O) groups excluding carboxylic acids is 1. The molecular weight excluding hydrogens is 130 g/mol. The molecule has 0 spiro atoms. The summed E-state index contributed by atoms with van der Waals surface area (Å²) in [5, 5.41) is 2.58. The van der Waals surface area contributed by atoms with E-state index >= 15 is 0 Å². The van der Waals surface area contributed by atoms with Crippen LogP contribution >= 0.6 is 0 Å². The first-order chi connectivity index (χ1) is 4.72. The van der Waals surface area contributed by atoms with Crippen LogP contribution in [0.25, 0.3) is 0 Å². The van der Waals surface area contributed by atoms with Gasteiger partial charge < -0.3 is 10.1 Å². The van der Waals surface area contributed by atoms with Crippen LogP contribution in [0.3, 0.4) is 0 Å². The highest BCUT2D eigenvalue weighted by Gasteiger charge is 2.08. The van der Waals surface area contributed by atoms with E-state index in [1.54, 1.807) is 14.2 Å². The van der Waals surface area contributed by atoms with Gasteiger partial charge in [-0.1, -0.05) is 6.92 Å². The summed E-state index contributed by atoms with van der Waals surface area (Å²) in [5.74, 6) is 0.141. The summed E-state index contributed by atoms with van der Waals surface area (Å²) in [6.07, 6.45) is 0.788. The van der Waals surface area contributed by atoms with Crippen molar-refractivity contribution in [1.82, 2.24) is 5.32 Å². The summed E-state index contributed by atoms with van der Waals surface area (Å²) in [5.41, 5.74) is 0. The third kappa shape index (κ3) is 3.45. The topological polar surface area (TPSA) is 38.3 Å². The van der Waals surface area contributed by atoms with Crippen molar-refractivity contribution in [1.29, 1.82) is 0 Å². The molecule has 3 heteroatoms. The molecule has 0 radical (unpaired) electrons. The van der Waals surface area contributed by atoms with Gasteiger partial charge in [0.2, 0.25) is 5.91 Å². The van der Waals surface area contributed by atoms with Gasteiger partial charge in [0.25, 0.3) is 0 Å². The van der Waals surface area contributed by atoms with E-state index in [1.807, 2.05) is 6.92 Å². The average Bonchev–Trinajstić information content (AvgIpc) is 1.98. The van der Waals surface area contributed by atoms with Crippen molar-refractivity contribution in [2.24, 2.45) is 5.92 Å². The molecule has 0 aliphatic rings. The summed E-state index contributed by atoms with van der Waals surface area (Å²) in [6, 6.07) is 0. The van der Waals surface area contributed by atoms with Gasteiger partial charge in [-0.05, 0) is 6.42 Å². The first-order valence-electron chi connectivity index (χ1n) is 3.43. The van der Waals surface area contributed by atoms with Crippen LogP contribution in [0.2, 0.25) is 0 Å². The van der Waals surface area contributed by atoms with Crippen molar-refractivity contribution in [2.45, 2.75) is 13.3 Å². The van der Waals surface area contributed by atoms with Gasteiger partial charge in [-0.15, -0.1) is 0 Å². The molecule has 0 aromatic heterocycles. The standard InChI is InChI=1S/C7H15NO2/c1-6(4-5-10-3)7(9)8-2/h6H,4-5H2,1-3H3,(H,8,9). The second kappa shape index (κ2) is 5.23. The van der Waals surface area contributed by atoms with Gasteiger partial charge >= 0.3 is 0 Å². The average molecular weight is 145 g/mol. The molecule has 10 heavy (non-hydrogen) atoms. The minimum atomic E-state index is 0.0601. The van der Waals surface area contributed by atoms with E-state index in [9.17, 15) is 4.79 Å². The van der Waals surface area contributed by atoms with Crippen molar-refractivity contribution in [3.63, 3.8) is 0 Å². The number of hydrogen-bond donors (Lipinski definition) is 1. The lowest BCUT2D eigenvalue weighted by atomic mass is 10.1. The lowest BCUT2D eigenvalue weighted by molar-refractivity contribution is -0.124. The Balaban J connectivity index is 3.41. The fourth-order valence-corrected chi connectivity index (χ4v) is 0.672. The maximum Gasteiger partial charge on any atom is 0.222 e. The Hall–Kier alpha value is -0.570. The number of carbonyl (C=O) groups is 1. The van der Waals surface area contributed by atoms with Crippen LogP contribution in [0.1, 0.15) is 13.3 Å². The molecule has 1 unspecified atom stereocenters. The highest BCUT2D eigenvalue weighted by atomic mass is 16.5. The largest absolute Gasteiger partial charge is 0.385 e. The van der Waals surface area contributed by atoms with Gasteiger partial charge in [-0.25, -0.2) is 0 Å². The third-order valence-corrected chi connectivity index (χ3v) is 1.45. The first-order valence-corrected chi connectivity index (χ1v) is 3.43. The van der Waals surface area contributed by atoms with Gasteiger partial charge in [0.1, 0.15) is 0 Å². The van der Waals surface area contributed by atoms with Crippen LogP contribution in [-0.4, -0.2) is 26.7 Å². The molecule has 0 aliphatic carbocycles. The number of rotatable bonds is 4. The maximum atomic E-state index is 10.9. The zero-order valence-corrected chi connectivity index (χ0v) is 6.81. The quantitative estimate of drug-likeness (QED) is 0.622. The minimum Gasteiger partial charge on any atom is -0.385 e. The molecule has 1 N–H and O–H groups in total. The van der Waals surface area contributed by atoms with E-state index in [2.05, 4.69) is 5.32 Å². The van der Waals surface area contributed by atoms with Crippen LogP contribution < -0.4 is 5.32 Å². The van der Waals surface area contributed by atoms with Gasteiger partial charge in [0.15, 0.2) is 0 Å². The lowest BCUT2D eigenvalue weighted by Gasteiger charge is -2.07. The van der Waals surface area contributed by atoms with E-state index in [1.165, 1.54) is 0 Å². The molecule has 60 valence electrons. The summed E-state index contributed by atoms with van der Waals surface area (Å²) in [4.78, 5) is 10.9. The number of hydrogen-bond acceptors (Lipinski definition) is 2. The lowest BCUT2D eigenvalue weighted by Crippen LogP contribution is -2.25. The highest BCUT2D eigenvalue weighted by Crippen LogP contribution is 2.00. The summed E-state index contributed by atoms with van der Waals surface area (Å²) in [7, 11) is 3.28. The van der Waals surface area contributed by atoms with Crippen LogP contribution in [0.5, 0.6) is 0 Å². The molecule has 0 saturated heterocycles. The number of methoxy groups -OCH3 is 1. The molecule has 0 rings (SSSR count). The number of amides is 1. The van der Waals surface area contributed by atoms with Crippen molar-refractivity contribution < 1.29 is 9.53 Å². The summed E-state index contributed by atoms with van der Waals surface area (Å²) >= 11 is 0. The van der Waals surface area contributed by atoms with Gasteiger partial charge in [-0.3, -0.25) is 4.79 Å². The van der Waals surface area contributed by atoms with E-state index in [-0.39, 0.29) is 11.8 Å². The zero-order chi connectivity index (χ0) is 7.98. The van der Waals surface area contributed by atoms with Crippen molar-refractivity contribution in [2.75, 3.05) is 20.8 Å². The predicted octanol–water partition coefficient (Wildman–Crippen LogP) is 0.405. The second-order valence-electron chi connectivity index (χ2n) is 2.30. The fraction of sp³-hybridized carbons (Fsp3) is 0.857. The third-order valence-electron chi connectivity index (χ3n) is 1.45. The Morgan fingerprint density at radius 1 is 1.70 bits per heavy atom. The molecule has 0 aromatic carbocycles. The Labute approximate surface area is 61.8 Å². The minimum absolute atomic E-state index is 0.0601. The van der Waals surface area contributed by atoms with Crippen LogP contribution in [0.4, 0.5) is 0 Å². The summed E-state index contributed by atoms with van der Waals surface area (Å²) in [6.45, 7) is 2.53. The van der Waals surface area contributed by atoms with Crippen molar-refractivity contribution in [3.05, 3.63) is 0 Å². The second-order valence-corrected chi connectivity index (χ2v) is 2.30. The van der Waals surface area contributed by atoms with Gasteiger partial charge in [0.05, 0.1) is 0 Å². The molecule has 1 amide bonds. The van der Waals surface area contributed by atoms with Crippen molar-refractivity contribution in [3.8, 4) is 0 Å². The monoisotopic (exact) mass is 145 g/mol. The molecule has 0 heterocycles. The zero-order valence-electron chi connectivity index (χ0n) is 6.81. The molecule has 0 bridgehead atoms. The Morgan fingerprint density at radius 3 is 2.70 bits per heavy atom. The molecule has 1 atom stereocenters. The Kier molecular flexibility index (Phi) is 4.94. The first kappa shape index (κ1) is 9.43. The molecule has 0 aliphatic heterocycles. The van der Waals surface area contributed by atoms with E-state index < -0.39 is 0 Å². The van der Waals surface area contributed by atoms with Gasteiger partial charge in [-0.2, -0.15) is 0 Å². The molecule has 0 fully saturated rings. The molecule has 0 aromatic rings. The molecular formula is C7H15NO2. The molecule has 3 nitrogen and oxygen atoms in total. The summed E-state index contributed by atoms with van der Waals surface area (Å²) < 4.78 is 4.83. The van der Waals surface area contributed by atoms with Crippen LogP contribution in [-0.2, 0) is 9.53 Å². The smallest absolute Gasteiger partial charge is 0.222 e. The predicted molar refractivity (Wildman–Crippen MR) is 39.7 cm³/mol. The van der Waals surface area contributed by atoms with Gasteiger partial charge in [0, 0.05) is 26.7 Å². The fourth-order valence-electron chi connectivity index (χ4n) is 0.672.